The topological polar surface area (TPSA) is 89.5 Å². The first-order valence-corrected chi connectivity index (χ1v) is 8.53. The standard InChI is InChI=1S/C15H21N3O3S/c1-17(12-4-3-5-14(12)22-2)9-11-7-6-10(15(16)19)8-13(11)18(20)21/h6-8,12,14H,3-5,9H2,1-2H3,(H2,16,19)/t12-,14+/m1/s1. The molecule has 0 heterocycles. The minimum absolute atomic E-state index is 0.0400. The number of carbonyl (C=O) groups is 1. The highest BCUT2D eigenvalue weighted by Crippen LogP contribution is 2.33. The molecular formula is C15H21N3O3S. The Morgan fingerprint density at radius 2 is 2.23 bits per heavy atom. The van der Waals surface area contributed by atoms with Crippen molar-refractivity contribution in [2.75, 3.05) is 13.3 Å². The van der Waals surface area contributed by atoms with E-state index < -0.39 is 10.8 Å². The van der Waals surface area contributed by atoms with E-state index in [1.54, 1.807) is 12.1 Å². The van der Waals surface area contributed by atoms with Crippen LogP contribution in [-0.2, 0) is 6.54 Å². The van der Waals surface area contributed by atoms with Crippen LogP contribution in [-0.4, -0.2) is 40.3 Å². The molecule has 0 aliphatic heterocycles. The molecule has 0 aromatic heterocycles. The molecule has 1 aliphatic carbocycles. The van der Waals surface area contributed by atoms with Crippen LogP contribution in [0.2, 0.25) is 0 Å². The number of benzene rings is 1. The van der Waals surface area contributed by atoms with Crippen LogP contribution in [0, 0.1) is 10.1 Å². The van der Waals surface area contributed by atoms with E-state index in [1.807, 2.05) is 18.8 Å². The van der Waals surface area contributed by atoms with Gasteiger partial charge in [0.2, 0.25) is 5.91 Å². The van der Waals surface area contributed by atoms with Gasteiger partial charge in [-0.05, 0) is 32.2 Å². The zero-order valence-electron chi connectivity index (χ0n) is 12.8. The fourth-order valence-electron chi connectivity index (χ4n) is 3.09. The number of nitrogens with zero attached hydrogens (tertiary/aromatic N) is 2. The van der Waals surface area contributed by atoms with Crippen molar-refractivity contribution in [2.45, 2.75) is 37.1 Å². The van der Waals surface area contributed by atoms with Gasteiger partial charge >= 0.3 is 0 Å². The molecule has 1 fully saturated rings. The van der Waals surface area contributed by atoms with Gasteiger partial charge in [-0.15, -0.1) is 0 Å². The minimum atomic E-state index is -0.652. The molecule has 1 aromatic rings. The predicted octanol–water partition coefficient (Wildman–Crippen LogP) is 2.41. The number of nitro groups is 1. The second-order valence-corrected chi connectivity index (χ2v) is 6.73. The minimum Gasteiger partial charge on any atom is -0.366 e. The van der Waals surface area contributed by atoms with Crippen molar-refractivity contribution < 1.29 is 9.72 Å². The van der Waals surface area contributed by atoms with Crippen LogP contribution in [0.25, 0.3) is 0 Å². The Balaban J connectivity index is 2.21. The monoisotopic (exact) mass is 323 g/mol. The molecule has 0 unspecified atom stereocenters. The Labute approximate surface area is 134 Å². The zero-order chi connectivity index (χ0) is 16.3. The van der Waals surface area contributed by atoms with Crippen molar-refractivity contribution >= 4 is 23.4 Å². The SMILES string of the molecule is CS[C@H]1CCC[C@H]1N(C)Cc1ccc(C(N)=O)cc1[N+](=O)[O-]. The molecule has 1 aromatic carbocycles. The summed E-state index contributed by atoms with van der Waals surface area (Å²) in [5.74, 6) is -0.652. The van der Waals surface area contributed by atoms with Crippen molar-refractivity contribution in [3.63, 3.8) is 0 Å². The molecule has 2 atom stereocenters. The summed E-state index contributed by atoms with van der Waals surface area (Å²) >= 11 is 1.86. The first kappa shape index (κ1) is 16.8. The molecule has 1 saturated carbocycles. The van der Waals surface area contributed by atoms with E-state index >= 15 is 0 Å². The van der Waals surface area contributed by atoms with Crippen LogP contribution < -0.4 is 5.73 Å². The van der Waals surface area contributed by atoms with Crippen molar-refractivity contribution in [3.05, 3.63) is 39.4 Å². The lowest BCUT2D eigenvalue weighted by atomic mass is 10.1. The summed E-state index contributed by atoms with van der Waals surface area (Å²) in [6, 6.07) is 4.90. The number of amides is 1. The number of rotatable bonds is 6. The fraction of sp³-hybridized carbons (Fsp3) is 0.533. The maximum absolute atomic E-state index is 11.3. The molecule has 0 bridgehead atoms. The summed E-state index contributed by atoms with van der Waals surface area (Å²) in [5, 5.41) is 11.8. The molecule has 22 heavy (non-hydrogen) atoms. The van der Waals surface area contributed by atoms with Gasteiger partial charge in [0.1, 0.15) is 0 Å². The fourth-order valence-corrected chi connectivity index (χ4v) is 4.15. The molecule has 6 nitrogen and oxygen atoms in total. The molecule has 1 aliphatic rings. The van der Waals surface area contributed by atoms with E-state index in [-0.39, 0.29) is 11.3 Å². The number of nitrogens with two attached hydrogens (primary N) is 1. The van der Waals surface area contributed by atoms with Crippen LogP contribution in [0.4, 0.5) is 5.69 Å². The van der Waals surface area contributed by atoms with E-state index in [4.69, 9.17) is 5.73 Å². The third kappa shape index (κ3) is 3.59. The van der Waals surface area contributed by atoms with Gasteiger partial charge in [-0.25, -0.2) is 0 Å². The molecule has 2 rings (SSSR count). The van der Waals surface area contributed by atoms with Crippen molar-refractivity contribution in [1.82, 2.24) is 4.90 Å². The maximum atomic E-state index is 11.3. The highest BCUT2D eigenvalue weighted by Gasteiger charge is 2.30. The molecule has 2 N–H and O–H groups in total. The molecule has 120 valence electrons. The van der Waals surface area contributed by atoms with Crippen molar-refractivity contribution in [1.29, 1.82) is 0 Å². The predicted molar refractivity (Wildman–Crippen MR) is 88.0 cm³/mol. The average Bonchev–Trinajstić information content (AvgIpc) is 2.95. The van der Waals surface area contributed by atoms with Crippen LogP contribution in [0.5, 0.6) is 0 Å². The van der Waals surface area contributed by atoms with Gasteiger partial charge < -0.3 is 5.73 Å². The van der Waals surface area contributed by atoms with Crippen molar-refractivity contribution in [3.8, 4) is 0 Å². The van der Waals surface area contributed by atoms with E-state index in [0.29, 0.717) is 23.4 Å². The van der Waals surface area contributed by atoms with Crippen LogP contribution in [0.15, 0.2) is 18.2 Å². The average molecular weight is 323 g/mol. The molecule has 1 amide bonds. The highest BCUT2D eigenvalue weighted by molar-refractivity contribution is 7.99. The Hall–Kier alpha value is -1.60. The number of primary amides is 1. The first-order chi connectivity index (χ1) is 10.4. The van der Waals surface area contributed by atoms with Crippen LogP contribution in [0.1, 0.15) is 35.2 Å². The molecule has 0 radical (unpaired) electrons. The number of hydrogen-bond donors (Lipinski definition) is 1. The Morgan fingerprint density at radius 1 is 1.50 bits per heavy atom. The van der Waals surface area contributed by atoms with E-state index in [1.165, 1.54) is 18.9 Å². The second kappa shape index (κ2) is 7.11. The second-order valence-electron chi connectivity index (χ2n) is 5.65. The Morgan fingerprint density at radius 3 is 2.82 bits per heavy atom. The van der Waals surface area contributed by atoms with Gasteiger partial charge in [0, 0.05) is 35.0 Å². The Kier molecular flexibility index (Phi) is 5.42. The third-order valence-electron chi connectivity index (χ3n) is 4.27. The van der Waals surface area contributed by atoms with E-state index in [9.17, 15) is 14.9 Å². The highest BCUT2D eigenvalue weighted by atomic mass is 32.2. The number of hydrogen-bond acceptors (Lipinski definition) is 5. The van der Waals surface area contributed by atoms with Gasteiger partial charge in [0.05, 0.1) is 4.92 Å². The van der Waals surface area contributed by atoms with Crippen LogP contribution in [0.3, 0.4) is 0 Å². The van der Waals surface area contributed by atoms with Crippen LogP contribution >= 0.6 is 11.8 Å². The van der Waals surface area contributed by atoms with Gasteiger partial charge in [0.15, 0.2) is 0 Å². The van der Waals surface area contributed by atoms with Gasteiger partial charge in [0.25, 0.3) is 5.69 Å². The normalized spacial score (nSPS) is 21.2. The molecule has 0 saturated heterocycles. The Bertz CT molecular complexity index is 579. The number of nitro benzene ring substituents is 1. The lowest BCUT2D eigenvalue weighted by Gasteiger charge is -2.28. The van der Waals surface area contributed by atoms with Gasteiger partial charge in [-0.2, -0.15) is 11.8 Å². The number of thioether (sulfide) groups is 1. The summed E-state index contributed by atoms with van der Waals surface area (Å²) in [4.78, 5) is 24.2. The first-order valence-electron chi connectivity index (χ1n) is 7.24. The third-order valence-corrected chi connectivity index (χ3v) is 5.43. The summed E-state index contributed by atoms with van der Waals surface area (Å²) in [7, 11) is 2.00. The molecular weight excluding hydrogens is 302 g/mol. The quantitative estimate of drug-likeness (QED) is 0.641. The van der Waals surface area contributed by atoms with E-state index in [2.05, 4.69) is 11.2 Å². The lowest BCUT2D eigenvalue weighted by Crippen LogP contribution is -2.35. The van der Waals surface area contributed by atoms with Gasteiger partial charge in [-0.3, -0.25) is 19.8 Å². The lowest BCUT2D eigenvalue weighted by molar-refractivity contribution is -0.385. The smallest absolute Gasteiger partial charge is 0.274 e. The summed E-state index contributed by atoms with van der Waals surface area (Å²) in [6.45, 7) is 0.497. The zero-order valence-corrected chi connectivity index (χ0v) is 13.6. The summed E-state index contributed by atoms with van der Waals surface area (Å²) in [6.07, 6.45) is 5.62. The summed E-state index contributed by atoms with van der Waals surface area (Å²) in [5.41, 5.74) is 5.94. The maximum Gasteiger partial charge on any atom is 0.274 e. The number of carbonyl (C=O) groups excluding carboxylic acids is 1. The molecule has 0 spiro atoms. The molecule has 7 heteroatoms. The summed E-state index contributed by atoms with van der Waals surface area (Å²) < 4.78 is 0. The van der Waals surface area contributed by atoms with E-state index in [0.717, 1.165) is 6.42 Å². The van der Waals surface area contributed by atoms with Gasteiger partial charge in [-0.1, -0.05) is 12.5 Å². The largest absolute Gasteiger partial charge is 0.366 e. The van der Waals surface area contributed by atoms with Crippen molar-refractivity contribution in [2.24, 2.45) is 5.73 Å².